The lowest BCUT2D eigenvalue weighted by Gasteiger charge is -2.45. The minimum absolute atomic E-state index is 0.105. The van der Waals surface area contributed by atoms with Crippen molar-refractivity contribution in [3.05, 3.63) is 71.0 Å². The van der Waals surface area contributed by atoms with E-state index < -0.39 is 28.3 Å². The molecule has 2 aromatic carbocycles. The molecule has 2 fully saturated rings. The maximum absolute atomic E-state index is 12.5. The Morgan fingerprint density at radius 1 is 1.12 bits per heavy atom. The average molecular weight is 685 g/mol. The molecule has 0 bridgehead atoms. The van der Waals surface area contributed by atoms with Crippen molar-refractivity contribution in [2.45, 2.75) is 77.3 Å². The summed E-state index contributed by atoms with van der Waals surface area (Å²) in [4.78, 5) is 12.9. The zero-order chi connectivity index (χ0) is 34.1. The van der Waals surface area contributed by atoms with Crippen LogP contribution in [-0.4, -0.2) is 96.0 Å². The first-order valence-corrected chi connectivity index (χ1v) is 18.4. The molecule has 3 aliphatic heterocycles. The molecule has 0 amide bonds. The van der Waals surface area contributed by atoms with Crippen LogP contribution in [-0.2, 0) is 34.0 Å². The van der Waals surface area contributed by atoms with Crippen LogP contribution in [0.25, 0.3) is 0 Å². The number of hydrogen-bond donors (Lipinski definition) is 3. The van der Waals surface area contributed by atoms with Crippen molar-refractivity contribution < 1.29 is 37.7 Å². The Bertz CT molecular complexity index is 1580. The van der Waals surface area contributed by atoms with Gasteiger partial charge in [0.05, 0.1) is 57.2 Å². The number of benzene rings is 2. The Morgan fingerprint density at radius 2 is 1.85 bits per heavy atom. The number of quaternary nitrogens is 1. The van der Waals surface area contributed by atoms with E-state index in [1.807, 2.05) is 49.0 Å². The Labute approximate surface area is 284 Å². The molecule has 48 heavy (non-hydrogen) atoms. The molecule has 12 nitrogen and oxygen atoms in total. The molecule has 262 valence electrons. The van der Waals surface area contributed by atoms with E-state index >= 15 is 0 Å². The van der Waals surface area contributed by atoms with Gasteiger partial charge in [0.15, 0.2) is 0 Å². The number of piperidine rings is 1. The number of hydrogen-bond acceptors (Lipinski definition) is 9. The maximum atomic E-state index is 12.5. The molecule has 1 spiro atoms. The number of carboxylic acids is 1. The van der Waals surface area contributed by atoms with E-state index in [2.05, 4.69) is 10.3 Å². The number of rotatable bonds is 10. The van der Waals surface area contributed by atoms with Crippen molar-refractivity contribution in [2.24, 2.45) is 11.3 Å². The summed E-state index contributed by atoms with van der Waals surface area (Å²) in [7, 11) is -3.34. The average Bonchev–Trinajstić information content (AvgIpc) is 3.47. The van der Waals surface area contributed by atoms with Crippen LogP contribution in [0.1, 0.15) is 62.1 Å². The van der Waals surface area contributed by atoms with E-state index in [4.69, 9.17) is 14.2 Å². The predicted octanol–water partition coefficient (Wildman–Crippen LogP) is 5.52. The third kappa shape index (κ3) is 7.42. The van der Waals surface area contributed by atoms with E-state index in [9.17, 15) is 19.0 Å². The summed E-state index contributed by atoms with van der Waals surface area (Å²) < 4.78 is 45.6. The van der Waals surface area contributed by atoms with Gasteiger partial charge in [-0.3, -0.25) is 18.6 Å². The highest BCUT2D eigenvalue weighted by atomic mass is 32.3. The molecule has 4 heterocycles. The van der Waals surface area contributed by atoms with Crippen LogP contribution in [0.5, 0.6) is 5.75 Å². The summed E-state index contributed by atoms with van der Waals surface area (Å²) in [6.07, 6.45) is 3.13. The minimum atomic E-state index is -3.34. The van der Waals surface area contributed by atoms with Crippen molar-refractivity contribution in [1.82, 2.24) is 19.3 Å². The van der Waals surface area contributed by atoms with Gasteiger partial charge in [-0.2, -0.15) is 4.31 Å². The zero-order valence-corrected chi connectivity index (χ0v) is 29.3. The fraction of sp³-hybridized carbons (Fsp3) is 0.571. The van der Waals surface area contributed by atoms with E-state index in [1.54, 1.807) is 36.4 Å². The van der Waals surface area contributed by atoms with Crippen LogP contribution in [0.3, 0.4) is 0 Å². The molecule has 2 atom stereocenters. The number of carbonyl (C=O) groups is 1. The normalized spacial score (nSPS) is 22.8. The van der Waals surface area contributed by atoms with Gasteiger partial charge in [-0.05, 0) is 62.4 Å². The molecule has 6 rings (SSSR count). The third-order valence-corrected chi connectivity index (χ3v) is 12.3. The standard InChI is InChI=1S/C35H49N5O7S/c1-25-9-10-28(19-29(25)22-39-20-26(2)47-31-7-5-6-8-32(31)48(39,43)44)33(35(3,4)34(41)42)46-24-30-23-38(37-36-30)21-27-11-13-40(14-12-27)15-17-45-18-16-40/h5-10,19,23,26-27,33H,11-18,20-22,24H2,1-4H3,(H2-,41,42,43,44)/p+1. The predicted molar refractivity (Wildman–Crippen MR) is 181 cm³/mol. The summed E-state index contributed by atoms with van der Waals surface area (Å²) in [5.74, 6) is 0.0240. The Kier molecular flexibility index (Phi) is 10.2. The van der Waals surface area contributed by atoms with Gasteiger partial charge >= 0.3 is 5.97 Å². The number of carboxylic acid groups (broad SMARTS) is 1. The zero-order valence-electron chi connectivity index (χ0n) is 28.5. The molecule has 13 heteroatoms. The summed E-state index contributed by atoms with van der Waals surface area (Å²) in [6.45, 7) is 14.9. The van der Waals surface area contributed by atoms with Crippen molar-refractivity contribution in [2.75, 3.05) is 45.9 Å². The molecule has 2 saturated heterocycles. The fourth-order valence-electron chi connectivity index (χ4n) is 7.22. The number of nitrogens with zero attached hydrogens (tertiary/aromatic N) is 5. The van der Waals surface area contributed by atoms with Crippen molar-refractivity contribution in [3.63, 3.8) is 0 Å². The van der Waals surface area contributed by atoms with Gasteiger partial charge in [0.2, 0.25) is 0 Å². The monoisotopic (exact) mass is 684 g/mol. The molecule has 3 aromatic rings. The van der Waals surface area contributed by atoms with Crippen molar-refractivity contribution in [1.29, 1.82) is 0 Å². The van der Waals surface area contributed by atoms with Gasteiger partial charge in [-0.25, -0.2) is 0 Å². The number of para-hydroxylation sites is 1. The number of fused-ring (bicyclic) bond motifs is 1. The van der Waals surface area contributed by atoms with Gasteiger partial charge in [-0.15, -0.1) is 15.9 Å². The second-order valence-electron chi connectivity index (χ2n) is 14.3. The largest absolute Gasteiger partial charge is 0.487 e. The second kappa shape index (κ2) is 14.1. The second-order valence-corrected chi connectivity index (χ2v) is 16.3. The van der Waals surface area contributed by atoms with Gasteiger partial charge in [0.1, 0.15) is 35.5 Å². The molecule has 0 saturated carbocycles. The number of aryl methyl sites for hydroxylation is 1. The molecule has 3 aliphatic rings. The first-order chi connectivity index (χ1) is 22.9. The first kappa shape index (κ1) is 34.8. The quantitative estimate of drug-likeness (QED) is 0.234. The summed E-state index contributed by atoms with van der Waals surface area (Å²) >= 11 is 0. The molecule has 3 N–H and O–H groups in total. The van der Waals surface area contributed by atoms with Crippen LogP contribution in [0.15, 0.2) is 53.6 Å². The summed E-state index contributed by atoms with van der Waals surface area (Å²) in [6, 6.07) is 12.8. The van der Waals surface area contributed by atoms with Crippen molar-refractivity contribution >= 4 is 16.7 Å². The Hall–Kier alpha value is -3.04. The maximum Gasteiger partial charge on any atom is 0.312 e. The van der Waals surface area contributed by atoms with Gasteiger partial charge in [0, 0.05) is 25.9 Å². The van der Waals surface area contributed by atoms with Crippen LogP contribution in [0, 0.1) is 18.3 Å². The van der Waals surface area contributed by atoms with Crippen LogP contribution >= 0.6 is 10.8 Å². The van der Waals surface area contributed by atoms with Gasteiger partial charge < -0.3 is 23.8 Å². The minimum Gasteiger partial charge on any atom is -0.487 e. The topological polar surface area (TPSA) is 139 Å². The molecular formula is C35H50N5O7S+. The van der Waals surface area contributed by atoms with Gasteiger partial charge in [-0.1, -0.05) is 35.5 Å². The molecule has 1 aromatic heterocycles. The molecular weight excluding hydrogens is 634 g/mol. The smallest absolute Gasteiger partial charge is 0.312 e. The highest BCUT2D eigenvalue weighted by Gasteiger charge is 2.40. The van der Waals surface area contributed by atoms with Crippen LogP contribution < -0.4 is 4.74 Å². The van der Waals surface area contributed by atoms with Crippen LogP contribution in [0.4, 0.5) is 0 Å². The SMILES string of the molecule is Cc1ccc(C(OCc2cn(CC3CC[N+]4(CCOCC4)CC3)nn2)C(C)(C)C(=O)O)cc1CN1CC(C)Oc2ccccc2S1(O)O. The lowest BCUT2D eigenvalue weighted by Crippen LogP contribution is -2.58. The van der Waals surface area contributed by atoms with E-state index in [-0.39, 0.29) is 19.3 Å². The number of aliphatic carboxylic acids is 1. The number of morpholine rings is 1. The van der Waals surface area contributed by atoms with Crippen LogP contribution in [0.2, 0.25) is 0 Å². The molecule has 0 aliphatic carbocycles. The summed E-state index contributed by atoms with van der Waals surface area (Å²) in [5, 5.41) is 19.0. The molecule has 0 radical (unpaired) electrons. The number of aromatic nitrogens is 3. The molecule has 2 unspecified atom stereocenters. The van der Waals surface area contributed by atoms with E-state index in [0.29, 0.717) is 34.4 Å². The van der Waals surface area contributed by atoms with Gasteiger partial charge in [0.25, 0.3) is 0 Å². The first-order valence-electron chi connectivity index (χ1n) is 16.9. The van der Waals surface area contributed by atoms with E-state index in [0.717, 1.165) is 56.8 Å². The Morgan fingerprint density at radius 3 is 2.58 bits per heavy atom. The third-order valence-electron chi connectivity index (χ3n) is 10.4. The highest BCUT2D eigenvalue weighted by Crippen LogP contribution is 2.57. The highest BCUT2D eigenvalue weighted by molar-refractivity contribution is 8.22. The lowest BCUT2D eigenvalue weighted by atomic mass is 9.81. The van der Waals surface area contributed by atoms with E-state index in [1.165, 1.54) is 17.6 Å². The number of ether oxygens (including phenoxy) is 3. The summed E-state index contributed by atoms with van der Waals surface area (Å²) in [5.41, 5.74) is 1.85. The van der Waals surface area contributed by atoms with Crippen molar-refractivity contribution in [3.8, 4) is 5.75 Å². The fourth-order valence-corrected chi connectivity index (χ4v) is 8.88. The Balaban J connectivity index is 1.16. The lowest BCUT2D eigenvalue weighted by molar-refractivity contribution is -0.940.